The van der Waals surface area contributed by atoms with E-state index < -0.39 is 0 Å². The van der Waals surface area contributed by atoms with Crippen LogP contribution in [0.15, 0.2) is 42.6 Å². The highest BCUT2D eigenvalue weighted by Crippen LogP contribution is 2.21. The second kappa shape index (κ2) is 5.31. The van der Waals surface area contributed by atoms with Crippen LogP contribution in [0.1, 0.15) is 16.1 Å². The normalized spacial score (nSPS) is 9.89. The number of hydrogen-bond donors (Lipinski definition) is 0. The van der Waals surface area contributed by atoms with Gasteiger partial charge in [-0.25, -0.2) is 4.98 Å². The van der Waals surface area contributed by atoms with Crippen molar-refractivity contribution in [3.63, 3.8) is 0 Å². The van der Waals surface area contributed by atoms with Gasteiger partial charge in [0.25, 0.3) is 0 Å². The first kappa shape index (κ1) is 12.1. The van der Waals surface area contributed by atoms with Crippen LogP contribution in [0.4, 0.5) is 0 Å². The van der Waals surface area contributed by atoms with E-state index in [0.29, 0.717) is 22.8 Å². The van der Waals surface area contributed by atoms with Crippen LogP contribution in [0.2, 0.25) is 0 Å². The lowest BCUT2D eigenvalue weighted by molar-refractivity contribution is 0.103. The Morgan fingerprint density at radius 1 is 1.11 bits per heavy atom. The fraction of sp³-hybridized carbons (Fsp3) is 0.143. The monoisotopic (exact) mass is 243 g/mol. The van der Waals surface area contributed by atoms with Crippen LogP contribution in [-0.2, 0) is 0 Å². The van der Waals surface area contributed by atoms with Gasteiger partial charge in [-0.1, -0.05) is 12.1 Å². The van der Waals surface area contributed by atoms with E-state index in [2.05, 4.69) is 4.98 Å². The highest BCUT2D eigenvalue weighted by Gasteiger charge is 2.15. The van der Waals surface area contributed by atoms with Gasteiger partial charge in [-0.15, -0.1) is 0 Å². The number of ketones is 1. The molecule has 0 aliphatic rings. The van der Waals surface area contributed by atoms with Crippen molar-refractivity contribution < 1.29 is 14.3 Å². The summed E-state index contributed by atoms with van der Waals surface area (Å²) in [6, 6.07) is 10.4. The average molecular weight is 243 g/mol. The molecule has 0 saturated carbocycles. The molecule has 1 aromatic carbocycles. The smallest absolute Gasteiger partial charge is 0.215 e. The number of carbonyl (C=O) groups excluding carboxylic acids is 1. The third-order valence-corrected chi connectivity index (χ3v) is 2.54. The molecule has 18 heavy (non-hydrogen) atoms. The van der Waals surface area contributed by atoms with Crippen LogP contribution < -0.4 is 9.47 Å². The van der Waals surface area contributed by atoms with Crippen LogP contribution in [0.25, 0.3) is 0 Å². The van der Waals surface area contributed by atoms with Gasteiger partial charge in [-0.05, 0) is 24.3 Å². The summed E-state index contributed by atoms with van der Waals surface area (Å²) >= 11 is 0. The van der Waals surface area contributed by atoms with Crippen molar-refractivity contribution in [1.29, 1.82) is 0 Å². The Balaban J connectivity index is 2.41. The molecule has 2 rings (SSSR count). The standard InChI is InChI=1S/C14H13NO3/c1-17-11-6-3-5-10(9-11)14(16)13-12(18-2)7-4-8-15-13/h3-9H,1-2H3. The summed E-state index contributed by atoms with van der Waals surface area (Å²) in [4.78, 5) is 16.4. The molecule has 1 aromatic heterocycles. The quantitative estimate of drug-likeness (QED) is 0.773. The van der Waals surface area contributed by atoms with Gasteiger partial charge in [0.05, 0.1) is 14.2 Å². The number of nitrogens with zero attached hydrogens (tertiary/aromatic N) is 1. The zero-order valence-electron chi connectivity index (χ0n) is 10.2. The average Bonchev–Trinajstić information content (AvgIpc) is 2.46. The SMILES string of the molecule is COc1cccc(C(=O)c2ncccc2OC)c1. The topological polar surface area (TPSA) is 48.4 Å². The molecule has 0 atom stereocenters. The Morgan fingerprint density at radius 3 is 2.67 bits per heavy atom. The first-order valence-electron chi connectivity index (χ1n) is 5.44. The van der Waals surface area contributed by atoms with Crippen molar-refractivity contribution in [2.24, 2.45) is 0 Å². The number of rotatable bonds is 4. The third-order valence-electron chi connectivity index (χ3n) is 2.54. The number of aromatic nitrogens is 1. The van der Waals surface area contributed by atoms with Gasteiger partial charge in [0.15, 0.2) is 5.69 Å². The predicted octanol–water partition coefficient (Wildman–Crippen LogP) is 2.33. The van der Waals surface area contributed by atoms with Gasteiger partial charge < -0.3 is 9.47 Å². The zero-order chi connectivity index (χ0) is 13.0. The van der Waals surface area contributed by atoms with Crippen molar-refractivity contribution >= 4 is 5.78 Å². The number of methoxy groups -OCH3 is 2. The van der Waals surface area contributed by atoms with E-state index in [-0.39, 0.29) is 5.78 Å². The third kappa shape index (κ3) is 2.32. The molecule has 0 fully saturated rings. The Hall–Kier alpha value is -2.36. The van der Waals surface area contributed by atoms with Gasteiger partial charge in [-0.3, -0.25) is 4.79 Å². The molecule has 0 aliphatic heterocycles. The van der Waals surface area contributed by atoms with Crippen molar-refractivity contribution in [3.05, 3.63) is 53.9 Å². The first-order valence-corrected chi connectivity index (χ1v) is 5.44. The lowest BCUT2D eigenvalue weighted by atomic mass is 10.1. The predicted molar refractivity (Wildman–Crippen MR) is 67.2 cm³/mol. The number of benzene rings is 1. The van der Waals surface area contributed by atoms with E-state index in [1.165, 1.54) is 7.11 Å². The molecule has 2 aromatic rings. The van der Waals surface area contributed by atoms with Gasteiger partial charge in [0, 0.05) is 11.8 Å². The van der Waals surface area contributed by atoms with E-state index in [4.69, 9.17) is 9.47 Å². The van der Waals surface area contributed by atoms with Crippen LogP contribution >= 0.6 is 0 Å². The van der Waals surface area contributed by atoms with Crippen LogP contribution in [0.5, 0.6) is 11.5 Å². The van der Waals surface area contributed by atoms with Gasteiger partial charge in [0.1, 0.15) is 11.5 Å². The van der Waals surface area contributed by atoms with Crippen molar-refractivity contribution in [1.82, 2.24) is 4.98 Å². The molecular weight excluding hydrogens is 230 g/mol. The highest BCUT2D eigenvalue weighted by molar-refractivity contribution is 6.09. The fourth-order valence-electron chi connectivity index (χ4n) is 1.63. The highest BCUT2D eigenvalue weighted by atomic mass is 16.5. The second-order valence-electron chi connectivity index (χ2n) is 3.62. The van der Waals surface area contributed by atoms with Gasteiger partial charge >= 0.3 is 0 Å². The van der Waals surface area contributed by atoms with Gasteiger partial charge in [-0.2, -0.15) is 0 Å². The minimum absolute atomic E-state index is 0.189. The van der Waals surface area contributed by atoms with Crippen molar-refractivity contribution in [2.75, 3.05) is 14.2 Å². The molecule has 0 amide bonds. The molecule has 4 heteroatoms. The van der Waals surface area contributed by atoms with Gasteiger partial charge in [0.2, 0.25) is 5.78 Å². The van der Waals surface area contributed by atoms with E-state index in [1.807, 2.05) is 0 Å². The molecule has 0 radical (unpaired) electrons. The van der Waals surface area contributed by atoms with E-state index >= 15 is 0 Å². The summed E-state index contributed by atoms with van der Waals surface area (Å²) in [5.74, 6) is 0.910. The van der Waals surface area contributed by atoms with Crippen molar-refractivity contribution in [3.8, 4) is 11.5 Å². The number of ether oxygens (including phenoxy) is 2. The number of pyridine rings is 1. The summed E-state index contributed by atoms with van der Waals surface area (Å²) in [6.45, 7) is 0. The molecule has 0 unspecified atom stereocenters. The summed E-state index contributed by atoms with van der Waals surface area (Å²) < 4.78 is 10.2. The molecule has 1 heterocycles. The van der Waals surface area contributed by atoms with E-state index in [1.54, 1.807) is 49.7 Å². The number of hydrogen-bond acceptors (Lipinski definition) is 4. The zero-order valence-corrected chi connectivity index (χ0v) is 10.2. The van der Waals surface area contributed by atoms with E-state index in [0.717, 1.165) is 0 Å². The maximum atomic E-state index is 12.3. The summed E-state index contributed by atoms with van der Waals surface area (Å²) in [5.41, 5.74) is 0.819. The minimum atomic E-state index is -0.189. The lowest BCUT2D eigenvalue weighted by Gasteiger charge is -2.07. The first-order chi connectivity index (χ1) is 8.76. The summed E-state index contributed by atoms with van der Waals surface area (Å²) in [5, 5.41) is 0. The molecule has 92 valence electrons. The Labute approximate surface area is 105 Å². The van der Waals surface area contributed by atoms with E-state index in [9.17, 15) is 4.79 Å². The number of carbonyl (C=O) groups is 1. The molecule has 0 saturated heterocycles. The Kier molecular flexibility index (Phi) is 3.57. The molecular formula is C14H13NO3. The fourth-order valence-corrected chi connectivity index (χ4v) is 1.63. The molecule has 0 bridgehead atoms. The lowest BCUT2D eigenvalue weighted by Crippen LogP contribution is -2.06. The van der Waals surface area contributed by atoms with Crippen LogP contribution in [0.3, 0.4) is 0 Å². The van der Waals surface area contributed by atoms with Crippen LogP contribution in [0, 0.1) is 0 Å². The second-order valence-corrected chi connectivity index (χ2v) is 3.62. The Bertz CT molecular complexity index is 566. The van der Waals surface area contributed by atoms with Crippen molar-refractivity contribution in [2.45, 2.75) is 0 Å². The minimum Gasteiger partial charge on any atom is -0.497 e. The molecule has 4 nitrogen and oxygen atoms in total. The maximum Gasteiger partial charge on any atom is 0.215 e. The molecule has 0 spiro atoms. The Morgan fingerprint density at radius 2 is 1.94 bits per heavy atom. The summed E-state index contributed by atoms with van der Waals surface area (Å²) in [6.07, 6.45) is 1.57. The maximum absolute atomic E-state index is 12.3. The summed E-state index contributed by atoms with van der Waals surface area (Å²) in [7, 11) is 3.07. The largest absolute Gasteiger partial charge is 0.497 e. The molecule has 0 aliphatic carbocycles. The molecule has 0 N–H and O–H groups in total. The van der Waals surface area contributed by atoms with Crippen LogP contribution in [-0.4, -0.2) is 25.0 Å².